The molecule has 4 aliphatic carbocycles. The van der Waals surface area contributed by atoms with Gasteiger partial charge in [-0.15, -0.1) is 0 Å². The zero-order valence-electron chi connectivity index (χ0n) is 15.4. The van der Waals surface area contributed by atoms with Crippen molar-refractivity contribution >= 4 is 5.97 Å². The predicted molar refractivity (Wildman–Crippen MR) is 91.8 cm³/mol. The quantitative estimate of drug-likeness (QED) is 0.668. The van der Waals surface area contributed by atoms with Crippen LogP contribution in [0.3, 0.4) is 0 Å². The number of fused-ring (bicyclic) bond motifs is 5. The SMILES string of the molecule is CCC1(OC(=O)C2(C)CC(C)CC2C)CC2CC1C1CCCC21. The highest BCUT2D eigenvalue weighted by Gasteiger charge is 2.63. The predicted octanol–water partition coefficient (Wildman–Crippen LogP) is 5.21. The lowest BCUT2D eigenvalue weighted by Crippen LogP contribution is -2.48. The van der Waals surface area contributed by atoms with E-state index in [1.807, 2.05) is 0 Å². The highest BCUT2D eigenvalue weighted by atomic mass is 16.6. The third-order valence-electron chi connectivity index (χ3n) is 8.56. The molecule has 0 aliphatic heterocycles. The summed E-state index contributed by atoms with van der Waals surface area (Å²) in [5.74, 6) is 4.54. The number of hydrogen-bond acceptors (Lipinski definition) is 2. The summed E-state index contributed by atoms with van der Waals surface area (Å²) in [5.41, 5.74) is -0.375. The molecule has 2 nitrogen and oxygen atoms in total. The van der Waals surface area contributed by atoms with E-state index < -0.39 is 0 Å². The molecule has 0 saturated heterocycles. The second-order valence-corrected chi connectivity index (χ2v) is 9.74. The molecule has 0 spiro atoms. The third kappa shape index (κ3) is 2.15. The van der Waals surface area contributed by atoms with Crippen molar-refractivity contribution in [2.45, 2.75) is 84.7 Å². The van der Waals surface area contributed by atoms with Gasteiger partial charge in [0.15, 0.2) is 0 Å². The number of carbonyl (C=O) groups is 1. The molecule has 4 rings (SSSR count). The van der Waals surface area contributed by atoms with Gasteiger partial charge in [0.25, 0.3) is 0 Å². The Morgan fingerprint density at radius 2 is 1.87 bits per heavy atom. The zero-order valence-corrected chi connectivity index (χ0v) is 15.4. The first-order valence-corrected chi connectivity index (χ1v) is 10.1. The van der Waals surface area contributed by atoms with E-state index in [0.717, 1.165) is 37.0 Å². The van der Waals surface area contributed by atoms with Crippen LogP contribution in [0.1, 0.15) is 79.1 Å². The van der Waals surface area contributed by atoms with Crippen molar-refractivity contribution in [2.75, 3.05) is 0 Å². The summed E-state index contributed by atoms with van der Waals surface area (Å²) >= 11 is 0. The number of hydrogen-bond donors (Lipinski definition) is 0. The van der Waals surface area contributed by atoms with Crippen LogP contribution in [0.25, 0.3) is 0 Å². The average Bonchev–Trinajstić information content (AvgIpc) is 3.21. The van der Waals surface area contributed by atoms with E-state index in [9.17, 15) is 4.79 Å². The van der Waals surface area contributed by atoms with E-state index in [0.29, 0.717) is 17.8 Å². The van der Waals surface area contributed by atoms with Crippen LogP contribution in [0, 0.1) is 40.9 Å². The van der Waals surface area contributed by atoms with E-state index in [2.05, 4.69) is 27.7 Å². The summed E-state index contributed by atoms with van der Waals surface area (Å²) in [4.78, 5) is 13.2. The minimum absolute atomic E-state index is 0.123. The topological polar surface area (TPSA) is 26.3 Å². The molecule has 8 atom stereocenters. The van der Waals surface area contributed by atoms with Gasteiger partial charge in [0.05, 0.1) is 5.41 Å². The normalized spacial score (nSPS) is 54.4. The summed E-state index contributed by atoms with van der Waals surface area (Å²) in [6.45, 7) is 8.95. The third-order valence-corrected chi connectivity index (χ3v) is 8.56. The Hall–Kier alpha value is -0.530. The first-order chi connectivity index (χ1) is 10.9. The molecule has 4 saturated carbocycles. The molecule has 0 heterocycles. The van der Waals surface area contributed by atoms with Gasteiger partial charge in [0, 0.05) is 5.92 Å². The Labute approximate surface area is 141 Å². The Morgan fingerprint density at radius 1 is 1.13 bits per heavy atom. The Bertz CT molecular complexity index is 500. The van der Waals surface area contributed by atoms with Crippen molar-refractivity contribution in [3.05, 3.63) is 0 Å². The molecule has 4 fully saturated rings. The van der Waals surface area contributed by atoms with Gasteiger partial charge < -0.3 is 4.74 Å². The molecule has 4 aliphatic rings. The smallest absolute Gasteiger partial charge is 0.312 e. The molecule has 130 valence electrons. The van der Waals surface area contributed by atoms with Crippen molar-refractivity contribution in [1.82, 2.24) is 0 Å². The lowest BCUT2D eigenvalue weighted by atomic mass is 9.71. The van der Waals surface area contributed by atoms with E-state index in [-0.39, 0.29) is 17.0 Å². The second kappa shape index (κ2) is 5.23. The molecule has 0 radical (unpaired) electrons. The molecule has 0 aromatic carbocycles. The molecule has 2 heteroatoms. The summed E-state index contributed by atoms with van der Waals surface area (Å²) in [5, 5.41) is 0. The van der Waals surface area contributed by atoms with Gasteiger partial charge in [-0.3, -0.25) is 4.79 Å². The van der Waals surface area contributed by atoms with Crippen LogP contribution in [0.5, 0.6) is 0 Å². The summed E-state index contributed by atoms with van der Waals surface area (Å²) in [7, 11) is 0. The van der Waals surface area contributed by atoms with Gasteiger partial charge in [-0.2, -0.15) is 0 Å². The first kappa shape index (κ1) is 16.0. The monoisotopic (exact) mass is 318 g/mol. The average molecular weight is 319 g/mol. The van der Waals surface area contributed by atoms with E-state index >= 15 is 0 Å². The molecule has 0 N–H and O–H groups in total. The van der Waals surface area contributed by atoms with Crippen molar-refractivity contribution < 1.29 is 9.53 Å². The maximum Gasteiger partial charge on any atom is 0.312 e. The number of carbonyl (C=O) groups excluding carboxylic acids is 1. The van der Waals surface area contributed by atoms with E-state index in [4.69, 9.17) is 4.74 Å². The highest BCUT2D eigenvalue weighted by Crippen LogP contribution is 2.64. The minimum atomic E-state index is -0.251. The van der Waals surface area contributed by atoms with E-state index in [1.54, 1.807) is 0 Å². The summed E-state index contributed by atoms with van der Waals surface area (Å²) < 4.78 is 6.46. The molecule has 2 bridgehead atoms. The van der Waals surface area contributed by atoms with Crippen molar-refractivity contribution in [2.24, 2.45) is 40.9 Å². The number of rotatable bonds is 3. The van der Waals surface area contributed by atoms with Gasteiger partial charge >= 0.3 is 5.97 Å². The Kier molecular flexibility index (Phi) is 3.63. The molecule has 0 aromatic heterocycles. The van der Waals surface area contributed by atoms with Crippen LogP contribution < -0.4 is 0 Å². The van der Waals surface area contributed by atoms with Gasteiger partial charge in [0.1, 0.15) is 5.60 Å². The van der Waals surface area contributed by atoms with Gasteiger partial charge in [-0.05, 0) is 81.5 Å². The van der Waals surface area contributed by atoms with Crippen molar-refractivity contribution in [3.63, 3.8) is 0 Å². The van der Waals surface area contributed by atoms with Crippen molar-refractivity contribution in [1.29, 1.82) is 0 Å². The summed E-state index contributed by atoms with van der Waals surface area (Å²) in [6, 6.07) is 0. The first-order valence-electron chi connectivity index (χ1n) is 10.1. The molecule has 0 aromatic rings. The molecular weight excluding hydrogens is 284 g/mol. The zero-order chi connectivity index (χ0) is 16.4. The van der Waals surface area contributed by atoms with Crippen LogP contribution in [-0.2, 0) is 9.53 Å². The van der Waals surface area contributed by atoms with Gasteiger partial charge in [-0.25, -0.2) is 0 Å². The standard InChI is InChI=1S/C21H34O2/c1-5-21(12-15-10-18(21)17-8-6-7-16(15)17)23-19(22)20(4)11-13(2)9-14(20)3/h13-18H,5-12H2,1-4H3. The van der Waals surface area contributed by atoms with Crippen LogP contribution >= 0.6 is 0 Å². The fourth-order valence-electron chi connectivity index (χ4n) is 7.27. The lowest BCUT2D eigenvalue weighted by molar-refractivity contribution is -0.184. The maximum absolute atomic E-state index is 13.2. The molecule has 23 heavy (non-hydrogen) atoms. The fourth-order valence-corrected chi connectivity index (χ4v) is 7.27. The highest BCUT2D eigenvalue weighted by molar-refractivity contribution is 5.77. The fraction of sp³-hybridized carbons (Fsp3) is 0.952. The Morgan fingerprint density at radius 3 is 2.52 bits per heavy atom. The minimum Gasteiger partial charge on any atom is -0.458 e. The second-order valence-electron chi connectivity index (χ2n) is 9.74. The van der Waals surface area contributed by atoms with E-state index in [1.165, 1.54) is 32.1 Å². The maximum atomic E-state index is 13.2. The molecule has 0 amide bonds. The lowest BCUT2D eigenvalue weighted by Gasteiger charge is -2.44. The van der Waals surface area contributed by atoms with Crippen LogP contribution in [0.2, 0.25) is 0 Å². The van der Waals surface area contributed by atoms with Crippen LogP contribution in [0.4, 0.5) is 0 Å². The molecule has 8 unspecified atom stereocenters. The largest absolute Gasteiger partial charge is 0.458 e. The van der Waals surface area contributed by atoms with Crippen molar-refractivity contribution in [3.8, 4) is 0 Å². The molecular formula is C21H34O2. The van der Waals surface area contributed by atoms with Crippen LogP contribution in [0.15, 0.2) is 0 Å². The number of ether oxygens (including phenoxy) is 1. The van der Waals surface area contributed by atoms with Crippen LogP contribution in [-0.4, -0.2) is 11.6 Å². The van der Waals surface area contributed by atoms with Gasteiger partial charge in [0.2, 0.25) is 0 Å². The number of esters is 1. The Balaban J connectivity index is 1.54. The summed E-state index contributed by atoms with van der Waals surface area (Å²) in [6.07, 6.45) is 9.90. The van der Waals surface area contributed by atoms with Gasteiger partial charge in [-0.1, -0.05) is 27.2 Å².